The summed E-state index contributed by atoms with van der Waals surface area (Å²) in [5.41, 5.74) is 8.56. The second-order valence-corrected chi connectivity index (χ2v) is 5.65. The van der Waals surface area contributed by atoms with Crippen molar-refractivity contribution in [1.82, 2.24) is 4.98 Å². The van der Waals surface area contributed by atoms with Crippen molar-refractivity contribution in [3.8, 4) is 11.3 Å². The Morgan fingerprint density at radius 3 is 2.35 bits per heavy atom. The lowest BCUT2D eigenvalue weighted by Crippen LogP contribution is -1.92. The number of aryl methyl sites for hydroxylation is 3. The first kappa shape index (κ1) is 12.9. The van der Waals surface area contributed by atoms with Gasteiger partial charge in [-0.15, -0.1) is 0 Å². The lowest BCUT2D eigenvalue weighted by Gasteiger charge is -2.11. The molecule has 0 saturated heterocycles. The molecule has 0 aliphatic carbocycles. The SMILES string of the molecule is Cc1cc(C)c(C)c(-c2ccc3cc(C)ccc3n2)c1. The van der Waals surface area contributed by atoms with Gasteiger partial charge in [0, 0.05) is 10.9 Å². The quantitative estimate of drug-likeness (QED) is 0.591. The number of fused-ring (bicyclic) bond motifs is 1. The highest BCUT2D eigenvalue weighted by atomic mass is 14.7. The first-order valence-corrected chi connectivity index (χ1v) is 7.00. The van der Waals surface area contributed by atoms with Crippen LogP contribution in [0.15, 0.2) is 42.5 Å². The van der Waals surface area contributed by atoms with Crippen molar-refractivity contribution in [3.63, 3.8) is 0 Å². The molecule has 0 radical (unpaired) electrons. The molecule has 0 unspecified atom stereocenters. The molecule has 20 heavy (non-hydrogen) atoms. The van der Waals surface area contributed by atoms with Gasteiger partial charge in [0.1, 0.15) is 0 Å². The monoisotopic (exact) mass is 261 g/mol. The van der Waals surface area contributed by atoms with Crippen LogP contribution in [-0.2, 0) is 0 Å². The third-order valence-corrected chi connectivity index (χ3v) is 3.93. The summed E-state index contributed by atoms with van der Waals surface area (Å²) in [6.45, 7) is 8.59. The number of rotatable bonds is 1. The van der Waals surface area contributed by atoms with Crippen LogP contribution in [0.3, 0.4) is 0 Å². The largest absolute Gasteiger partial charge is 0.248 e. The van der Waals surface area contributed by atoms with E-state index in [0.717, 1.165) is 11.2 Å². The van der Waals surface area contributed by atoms with Crippen molar-refractivity contribution in [2.75, 3.05) is 0 Å². The molecule has 1 nitrogen and oxygen atoms in total. The molecule has 100 valence electrons. The summed E-state index contributed by atoms with van der Waals surface area (Å²) in [5, 5.41) is 1.20. The van der Waals surface area contributed by atoms with Gasteiger partial charge in [-0.25, -0.2) is 4.98 Å². The van der Waals surface area contributed by atoms with Crippen LogP contribution in [-0.4, -0.2) is 4.98 Å². The number of nitrogens with zero attached hydrogens (tertiary/aromatic N) is 1. The van der Waals surface area contributed by atoms with E-state index in [1.165, 1.54) is 33.2 Å². The molecule has 0 spiro atoms. The number of hydrogen-bond donors (Lipinski definition) is 0. The molecule has 3 rings (SSSR count). The second kappa shape index (κ2) is 4.75. The zero-order valence-corrected chi connectivity index (χ0v) is 12.5. The van der Waals surface area contributed by atoms with Gasteiger partial charge >= 0.3 is 0 Å². The molecular weight excluding hydrogens is 242 g/mol. The van der Waals surface area contributed by atoms with E-state index in [-0.39, 0.29) is 0 Å². The summed E-state index contributed by atoms with van der Waals surface area (Å²) in [5.74, 6) is 0. The average molecular weight is 261 g/mol. The maximum Gasteiger partial charge on any atom is 0.0712 e. The third kappa shape index (κ3) is 2.20. The zero-order chi connectivity index (χ0) is 14.3. The fourth-order valence-electron chi connectivity index (χ4n) is 2.70. The van der Waals surface area contributed by atoms with E-state index >= 15 is 0 Å². The Hall–Kier alpha value is -2.15. The van der Waals surface area contributed by atoms with Crippen LogP contribution in [0.25, 0.3) is 22.2 Å². The number of hydrogen-bond acceptors (Lipinski definition) is 1. The molecule has 1 heterocycles. The zero-order valence-electron chi connectivity index (χ0n) is 12.5. The summed E-state index contributed by atoms with van der Waals surface area (Å²) in [6.07, 6.45) is 0. The van der Waals surface area contributed by atoms with Gasteiger partial charge < -0.3 is 0 Å². The molecule has 2 aromatic carbocycles. The summed E-state index contributed by atoms with van der Waals surface area (Å²) in [7, 11) is 0. The van der Waals surface area contributed by atoms with E-state index in [1.54, 1.807) is 0 Å². The molecule has 1 heteroatoms. The van der Waals surface area contributed by atoms with E-state index in [4.69, 9.17) is 4.98 Å². The van der Waals surface area contributed by atoms with Gasteiger partial charge in [0.05, 0.1) is 11.2 Å². The van der Waals surface area contributed by atoms with Crippen LogP contribution in [0.5, 0.6) is 0 Å². The molecule has 3 aromatic rings. The molecule has 0 fully saturated rings. The minimum absolute atomic E-state index is 1.06. The van der Waals surface area contributed by atoms with Gasteiger partial charge in [-0.2, -0.15) is 0 Å². The molecule has 0 aliphatic heterocycles. The third-order valence-electron chi connectivity index (χ3n) is 3.93. The van der Waals surface area contributed by atoms with Crippen LogP contribution >= 0.6 is 0 Å². The minimum atomic E-state index is 1.06. The summed E-state index contributed by atoms with van der Waals surface area (Å²) >= 11 is 0. The van der Waals surface area contributed by atoms with Crippen LogP contribution in [0.4, 0.5) is 0 Å². The normalized spacial score (nSPS) is 11.0. The lowest BCUT2D eigenvalue weighted by atomic mass is 9.97. The van der Waals surface area contributed by atoms with Gasteiger partial charge in [-0.3, -0.25) is 0 Å². The Morgan fingerprint density at radius 2 is 1.55 bits per heavy atom. The number of pyridine rings is 1. The second-order valence-electron chi connectivity index (χ2n) is 5.65. The Morgan fingerprint density at radius 1 is 0.750 bits per heavy atom. The van der Waals surface area contributed by atoms with Gasteiger partial charge in [0.15, 0.2) is 0 Å². The van der Waals surface area contributed by atoms with Crippen LogP contribution in [0, 0.1) is 27.7 Å². The topological polar surface area (TPSA) is 12.9 Å². The summed E-state index contributed by atoms with van der Waals surface area (Å²) in [4.78, 5) is 4.83. The van der Waals surface area contributed by atoms with Crippen molar-refractivity contribution >= 4 is 10.9 Å². The Kier molecular flexibility index (Phi) is 3.06. The van der Waals surface area contributed by atoms with Gasteiger partial charge in [-0.05, 0) is 63.1 Å². The summed E-state index contributed by atoms with van der Waals surface area (Å²) in [6, 6.07) is 15.2. The maximum absolute atomic E-state index is 4.83. The maximum atomic E-state index is 4.83. The van der Waals surface area contributed by atoms with Crippen molar-refractivity contribution in [1.29, 1.82) is 0 Å². The predicted molar refractivity (Wildman–Crippen MR) is 86.1 cm³/mol. The standard InChI is InChI=1S/C19H19N/c1-12-5-7-18-16(10-12)6-8-19(20-18)17-11-13(2)9-14(3)15(17)4/h5-11H,1-4H3. The molecule has 0 atom stereocenters. The number of benzene rings is 2. The number of aromatic nitrogens is 1. The highest BCUT2D eigenvalue weighted by Crippen LogP contribution is 2.27. The molecule has 0 bridgehead atoms. The molecule has 0 N–H and O–H groups in total. The van der Waals surface area contributed by atoms with E-state index in [2.05, 4.69) is 70.2 Å². The average Bonchev–Trinajstić information content (AvgIpc) is 2.42. The van der Waals surface area contributed by atoms with Crippen LogP contribution in [0.1, 0.15) is 22.3 Å². The fourth-order valence-corrected chi connectivity index (χ4v) is 2.70. The fraction of sp³-hybridized carbons (Fsp3) is 0.211. The van der Waals surface area contributed by atoms with E-state index in [0.29, 0.717) is 0 Å². The van der Waals surface area contributed by atoms with E-state index in [1.807, 2.05) is 0 Å². The highest BCUT2D eigenvalue weighted by Gasteiger charge is 2.07. The van der Waals surface area contributed by atoms with Crippen molar-refractivity contribution < 1.29 is 0 Å². The van der Waals surface area contributed by atoms with E-state index < -0.39 is 0 Å². The van der Waals surface area contributed by atoms with Gasteiger partial charge in [0.2, 0.25) is 0 Å². The van der Waals surface area contributed by atoms with Gasteiger partial charge in [-0.1, -0.05) is 29.3 Å². The van der Waals surface area contributed by atoms with Crippen LogP contribution in [0.2, 0.25) is 0 Å². The summed E-state index contributed by atoms with van der Waals surface area (Å²) < 4.78 is 0. The Bertz CT molecular complexity index is 800. The van der Waals surface area contributed by atoms with Crippen LogP contribution < -0.4 is 0 Å². The smallest absolute Gasteiger partial charge is 0.0712 e. The Balaban J connectivity index is 2.22. The molecule has 0 amide bonds. The highest BCUT2D eigenvalue weighted by molar-refractivity contribution is 5.82. The molecular formula is C19H19N. The van der Waals surface area contributed by atoms with Crippen molar-refractivity contribution in [3.05, 3.63) is 64.7 Å². The van der Waals surface area contributed by atoms with Crippen molar-refractivity contribution in [2.24, 2.45) is 0 Å². The molecule has 1 aromatic heterocycles. The van der Waals surface area contributed by atoms with Crippen molar-refractivity contribution in [2.45, 2.75) is 27.7 Å². The molecule has 0 saturated carbocycles. The first-order valence-electron chi connectivity index (χ1n) is 7.00. The lowest BCUT2D eigenvalue weighted by molar-refractivity contribution is 1.27. The predicted octanol–water partition coefficient (Wildman–Crippen LogP) is 5.14. The molecule has 0 aliphatic rings. The van der Waals surface area contributed by atoms with Gasteiger partial charge in [0.25, 0.3) is 0 Å². The first-order chi connectivity index (χ1) is 9.54. The Labute approximate surface area is 120 Å². The van der Waals surface area contributed by atoms with E-state index in [9.17, 15) is 0 Å². The minimum Gasteiger partial charge on any atom is -0.248 e.